The van der Waals surface area contributed by atoms with Crippen molar-refractivity contribution in [1.82, 2.24) is 30.2 Å². The monoisotopic (exact) mass is 450 g/mol. The number of nitrogens with zero attached hydrogens (tertiary/aromatic N) is 5. The molecule has 0 saturated heterocycles. The van der Waals surface area contributed by atoms with E-state index in [-0.39, 0.29) is 12.2 Å². The van der Waals surface area contributed by atoms with Crippen LogP contribution in [0.25, 0.3) is 22.5 Å². The molecule has 2 aromatic carbocycles. The van der Waals surface area contributed by atoms with Gasteiger partial charge >= 0.3 is 12.1 Å². The van der Waals surface area contributed by atoms with E-state index in [9.17, 15) is 27.1 Å². The summed E-state index contributed by atoms with van der Waals surface area (Å²) in [5, 5.41) is 23.2. The zero-order chi connectivity index (χ0) is 22.9. The number of halogens is 5. The van der Waals surface area contributed by atoms with Gasteiger partial charge < -0.3 is 9.67 Å². The van der Waals surface area contributed by atoms with Gasteiger partial charge in [-0.25, -0.2) is 4.98 Å². The highest BCUT2D eigenvalue weighted by atomic mass is 19.4. The Morgan fingerprint density at radius 3 is 2.22 bits per heavy atom. The molecule has 2 heterocycles. The van der Waals surface area contributed by atoms with Gasteiger partial charge in [-0.2, -0.15) is 27.2 Å². The molecule has 0 unspecified atom stereocenters. The second kappa shape index (κ2) is 8.11. The zero-order valence-electron chi connectivity index (χ0n) is 16.2. The Labute approximate surface area is 177 Å². The number of aliphatic hydroxyl groups excluding tert-OH is 1. The van der Waals surface area contributed by atoms with Crippen molar-refractivity contribution in [2.24, 2.45) is 0 Å². The fourth-order valence-corrected chi connectivity index (χ4v) is 3.27. The Morgan fingerprint density at radius 1 is 0.938 bits per heavy atom. The van der Waals surface area contributed by atoms with Crippen molar-refractivity contribution in [2.45, 2.75) is 25.3 Å². The summed E-state index contributed by atoms with van der Waals surface area (Å²) in [5.41, 5.74) is 2.53. The third kappa shape index (κ3) is 3.84. The van der Waals surface area contributed by atoms with Crippen LogP contribution in [0.1, 0.15) is 17.1 Å². The van der Waals surface area contributed by atoms with Crippen LogP contribution in [-0.2, 0) is 19.1 Å². The molecule has 0 aliphatic carbocycles. The molecule has 0 aliphatic heterocycles. The summed E-state index contributed by atoms with van der Waals surface area (Å²) >= 11 is 0. The minimum absolute atomic E-state index is 0.157. The third-order valence-corrected chi connectivity index (χ3v) is 4.86. The van der Waals surface area contributed by atoms with Gasteiger partial charge in [-0.1, -0.05) is 48.5 Å². The van der Waals surface area contributed by atoms with Crippen LogP contribution in [-0.4, -0.2) is 41.5 Å². The lowest BCUT2D eigenvalue weighted by Crippen LogP contribution is -2.36. The molecular formula is C20H15F5N6O. The van der Waals surface area contributed by atoms with Crippen molar-refractivity contribution in [3.63, 3.8) is 0 Å². The van der Waals surface area contributed by atoms with E-state index < -0.39 is 24.5 Å². The van der Waals surface area contributed by atoms with Crippen LogP contribution in [0.3, 0.4) is 0 Å². The highest BCUT2D eigenvalue weighted by molar-refractivity contribution is 5.80. The van der Waals surface area contributed by atoms with Crippen LogP contribution < -0.4 is 0 Å². The number of rotatable bonds is 6. The number of aromatic nitrogens is 6. The smallest absolute Gasteiger partial charge is 0.390 e. The third-order valence-electron chi connectivity index (χ3n) is 4.86. The number of aromatic amines is 1. The molecule has 0 amide bonds. The molecule has 0 saturated carbocycles. The van der Waals surface area contributed by atoms with Gasteiger partial charge in [0.2, 0.25) is 5.82 Å². The number of imidazole rings is 1. The highest BCUT2D eigenvalue weighted by Crippen LogP contribution is 2.43. The SMILES string of the molecule is OCc1cnc(C(F)(F)C(F)(F)F)n1Cc1ccc(-c2ccccc2-c2nn[nH]n2)cc1. The van der Waals surface area contributed by atoms with E-state index in [2.05, 4.69) is 25.6 Å². The van der Waals surface area contributed by atoms with Crippen LogP contribution in [0.4, 0.5) is 22.0 Å². The molecule has 0 spiro atoms. The number of nitrogens with one attached hydrogen (secondary N) is 1. The molecule has 0 radical (unpaired) electrons. The average molecular weight is 450 g/mol. The summed E-state index contributed by atoms with van der Waals surface area (Å²) < 4.78 is 67.1. The van der Waals surface area contributed by atoms with Crippen molar-refractivity contribution in [1.29, 1.82) is 0 Å². The molecule has 4 aromatic rings. The molecule has 0 atom stereocenters. The normalized spacial score (nSPS) is 12.3. The molecule has 0 fully saturated rings. The average Bonchev–Trinajstić information content (AvgIpc) is 3.44. The fourth-order valence-electron chi connectivity index (χ4n) is 3.27. The highest BCUT2D eigenvalue weighted by Gasteiger charge is 2.61. The Morgan fingerprint density at radius 2 is 1.62 bits per heavy atom. The molecule has 12 heteroatoms. The predicted octanol–water partition coefficient (Wildman–Crippen LogP) is 3.92. The predicted molar refractivity (Wildman–Crippen MR) is 102 cm³/mol. The molecule has 0 aliphatic rings. The summed E-state index contributed by atoms with van der Waals surface area (Å²) in [6, 6.07) is 13.9. The van der Waals surface area contributed by atoms with E-state index in [1.807, 2.05) is 12.1 Å². The van der Waals surface area contributed by atoms with Gasteiger partial charge in [0.1, 0.15) is 0 Å². The molecule has 32 heavy (non-hydrogen) atoms. The lowest BCUT2D eigenvalue weighted by Gasteiger charge is -2.21. The number of alkyl halides is 5. The maximum absolute atomic E-state index is 13.9. The number of benzene rings is 2. The first-order valence-corrected chi connectivity index (χ1v) is 9.25. The molecule has 2 aromatic heterocycles. The Balaban J connectivity index is 1.67. The summed E-state index contributed by atoms with van der Waals surface area (Å²) in [4.78, 5) is 3.24. The Hall–Kier alpha value is -3.67. The van der Waals surface area contributed by atoms with Crippen molar-refractivity contribution in [3.8, 4) is 22.5 Å². The lowest BCUT2D eigenvalue weighted by atomic mass is 9.98. The number of tetrazole rings is 1. The van der Waals surface area contributed by atoms with Gasteiger partial charge in [0.15, 0.2) is 5.82 Å². The number of aliphatic hydroxyl groups is 1. The van der Waals surface area contributed by atoms with E-state index in [1.54, 1.807) is 36.4 Å². The van der Waals surface area contributed by atoms with E-state index in [0.29, 0.717) is 21.5 Å². The quantitative estimate of drug-likeness (QED) is 0.435. The van der Waals surface area contributed by atoms with E-state index in [0.717, 1.165) is 17.3 Å². The van der Waals surface area contributed by atoms with E-state index in [1.165, 1.54) is 0 Å². The Kier molecular flexibility index (Phi) is 5.46. The zero-order valence-corrected chi connectivity index (χ0v) is 16.2. The number of H-pyrrole nitrogens is 1. The molecule has 0 bridgehead atoms. The van der Waals surface area contributed by atoms with E-state index >= 15 is 0 Å². The fraction of sp³-hybridized carbons (Fsp3) is 0.200. The largest absolute Gasteiger partial charge is 0.461 e. The standard InChI is InChI=1S/C20H15F5N6O/c21-19(22,20(23,24)25)18-26-9-14(11-32)31(18)10-12-5-7-13(8-6-12)15-3-1-2-4-16(15)17-27-29-30-28-17/h1-9,32H,10-11H2,(H,27,28,29,30). The van der Waals surface area contributed by atoms with Crippen LogP contribution >= 0.6 is 0 Å². The number of hydrogen-bond acceptors (Lipinski definition) is 5. The maximum Gasteiger partial charge on any atom is 0.461 e. The van der Waals surface area contributed by atoms with Gasteiger partial charge in [0.25, 0.3) is 0 Å². The van der Waals surface area contributed by atoms with Crippen molar-refractivity contribution in [3.05, 3.63) is 71.8 Å². The second-order valence-electron chi connectivity index (χ2n) is 6.87. The van der Waals surface area contributed by atoms with Crippen LogP contribution in [0, 0.1) is 0 Å². The van der Waals surface area contributed by atoms with Crippen molar-refractivity contribution >= 4 is 0 Å². The van der Waals surface area contributed by atoms with Gasteiger partial charge in [-0.3, -0.25) is 0 Å². The summed E-state index contributed by atoms with van der Waals surface area (Å²) in [5.74, 6) is -6.25. The van der Waals surface area contributed by atoms with Crippen molar-refractivity contribution < 1.29 is 27.1 Å². The first-order valence-electron chi connectivity index (χ1n) is 9.25. The van der Waals surface area contributed by atoms with Crippen LogP contribution in [0.5, 0.6) is 0 Å². The molecule has 7 nitrogen and oxygen atoms in total. The number of hydrogen-bond donors (Lipinski definition) is 2. The lowest BCUT2D eigenvalue weighted by molar-refractivity contribution is -0.293. The minimum Gasteiger partial charge on any atom is -0.390 e. The summed E-state index contributed by atoms with van der Waals surface area (Å²) in [6.07, 6.45) is -5.00. The summed E-state index contributed by atoms with van der Waals surface area (Å²) in [6.45, 7) is -1.07. The molecule has 2 N–H and O–H groups in total. The summed E-state index contributed by atoms with van der Waals surface area (Å²) in [7, 11) is 0. The first-order chi connectivity index (χ1) is 15.2. The van der Waals surface area contributed by atoms with Crippen LogP contribution in [0.15, 0.2) is 54.7 Å². The van der Waals surface area contributed by atoms with Gasteiger partial charge in [-0.15, -0.1) is 10.2 Å². The minimum atomic E-state index is -5.81. The molecule has 4 rings (SSSR count). The van der Waals surface area contributed by atoms with Gasteiger partial charge in [0.05, 0.1) is 18.5 Å². The van der Waals surface area contributed by atoms with Crippen LogP contribution in [0.2, 0.25) is 0 Å². The van der Waals surface area contributed by atoms with Gasteiger partial charge in [0, 0.05) is 12.1 Å². The Bertz CT molecular complexity index is 1200. The van der Waals surface area contributed by atoms with Crippen molar-refractivity contribution in [2.75, 3.05) is 0 Å². The molecule has 166 valence electrons. The van der Waals surface area contributed by atoms with E-state index in [4.69, 9.17) is 0 Å². The molecular weight excluding hydrogens is 435 g/mol. The first kappa shape index (κ1) is 21.6. The second-order valence-corrected chi connectivity index (χ2v) is 6.87. The maximum atomic E-state index is 13.9. The topological polar surface area (TPSA) is 92.5 Å². The van der Waals surface area contributed by atoms with Gasteiger partial charge in [-0.05, 0) is 21.9 Å².